The number of halogens is 1. The molecule has 2 N–H and O–H groups in total. The van der Waals surface area contributed by atoms with Gasteiger partial charge in [-0.3, -0.25) is 4.57 Å². The van der Waals surface area contributed by atoms with Gasteiger partial charge in [0.2, 0.25) is 0 Å². The molecule has 0 radical (unpaired) electrons. The minimum Gasteiger partial charge on any atom is -0.397 e. The zero-order chi connectivity index (χ0) is 13.2. The fraction of sp³-hybridized carbons (Fsp3) is 0.385. The van der Waals surface area contributed by atoms with Crippen molar-refractivity contribution in [2.24, 2.45) is 0 Å². The molecule has 0 bridgehead atoms. The summed E-state index contributed by atoms with van der Waals surface area (Å²) in [6, 6.07) is 1.26. The van der Waals surface area contributed by atoms with Gasteiger partial charge in [-0.05, 0) is 12.8 Å². The van der Waals surface area contributed by atoms with Gasteiger partial charge in [0.15, 0.2) is 11.6 Å². The number of ether oxygens (including phenoxy) is 1. The Hall–Kier alpha value is -1.95. The molecule has 1 aliphatic heterocycles. The average molecular weight is 262 g/mol. The van der Waals surface area contributed by atoms with Crippen LogP contribution in [-0.4, -0.2) is 27.7 Å². The summed E-state index contributed by atoms with van der Waals surface area (Å²) in [5.74, 6) is 0.155. The molecule has 0 unspecified atom stereocenters. The van der Waals surface area contributed by atoms with Crippen LogP contribution in [0.1, 0.15) is 24.5 Å². The second-order valence-electron chi connectivity index (χ2n) is 4.67. The number of pyridine rings is 1. The van der Waals surface area contributed by atoms with Crippen LogP contribution in [0, 0.1) is 5.82 Å². The van der Waals surface area contributed by atoms with E-state index in [0.717, 1.165) is 31.7 Å². The normalized spacial score (nSPS) is 16.7. The van der Waals surface area contributed by atoms with Gasteiger partial charge in [0, 0.05) is 31.4 Å². The Kier molecular flexibility index (Phi) is 3.16. The van der Waals surface area contributed by atoms with Crippen LogP contribution in [0.25, 0.3) is 5.82 Å². The first-order valence-corrected chi connectivity index (χ1v) is 6.27. The monoisotopic (exact) mass is 262 g/mol. The molecule has 2 aromatic heterocycles. The summed E-state index contributed by atoms with van der Waals surface area (Å²) in [7, 11) is 0. The number of anilines is 1. The topological polar surface area (TPSA) is 66.0 Å². The summed E-state index contributed by atoms with van der Waals surface area (Å²) in [4.78, 5) is 8.35. The van der Waals surface area contributed by atoms with E-state index < -0.39 is 5.82 Å². The first-order valence-electron chi connectivity index (χ1n) is 6.27. The maximum Gasteiger partial charge on any atom is 0.174 e. The lowest BCUT2D eigenvalue weighted by atomic mass is 9.97. The summed E-state index contributed by atoms with van der Waals surface area (Å²) >= 11 is 0. The molecule has 1 aliphatic rings. The predicted octanol–water partition coefficient (Wildman–Crippen LogP) is 1.88. The molecule has 0 amide bonds. The highest BCUT2D eigenvalue weighted by molar-refractivity contribution is 5.40. The third-order valence-electron chi connectivity index (χ3n) is 3.33. The van der Waals surface area contributed by atoms with Crippen LogP contribution in [0.3, 0.4) is 0 Å². The fourth-order valence-corrected chi connectivity index (χ4v) is 2.29. The summed E-state index contributed by atoms with van der Waals surface area (Å²) in [6.45, 7) is 1.51. The number of hydrogen-bond donors (Lipinski definition) is 1. The van der Waals surface area contributed by atoms with E-state index in [-0.39, 0.29) is 5.82 Å². The Bertz CT molecular complexity index is 578. The first kappa shape index (κ1) is 12.1. The molecule has 0 saturated carbocycles. The average Bonchev–Trinajstić information content (AvgIpc) is 2.89. The largest absolute Gasteiger partial charge is 0.397 e. The predicted molar refractivity (Wildman–Crippen MR) is 68.5 cm³/mol. The van der Waals surface area contributed by atoms with Gasteiger partial charge in [0.25, 0.3) is 0 Å². The Morgan fingerprint density at radius 2 is 2.11 bits per heavy atom. The molecule has 1 saturated heterocycles. The molecule has 2 aromatic rings. The Balaban J connectivity index is 1.87. The quantitative estimate of drug-likeness (QED) is 0.897. The summed E-state index contributed by atoms with van der Waals surface area (Å²) < 4.78 is 20.7. The molecule has 0 aliphatic carbocycles. The van der Waals surface area contributed by atoms with Crippen LogP contribution < -0.4 is 5.73 Å². The molecule has 3 rings (SSSR count). The van der Waals surface area contributed by atoms with Crippen LogP contribution in [0.15, 0.2) is 24.8 Å². The number of nitrogens with zero attached hydrogens (tertiary/aromatic N) is 3. The number of nitrogen functional groups attached to an aromatic ring is 1. The maximum absolute atomic E-state index is 13.8. The summed E-state index contributed by atoms with van der Waals surface area (Å²) in [5, 5.41) is 0. The Labute approximate surface area is 110 Å². The van der Waals surface area contributed by atoms with Crippen LogP contribution in [0.4, 0.5) is 10.1 Å². The van der Waals surface area contributed by atoms with Gasteiger partial charge in [-0.1, -0.05) is 0 Å². The van der Waals surface area contributed by atoms with Crippen molar-refractivity contribution >= 4 is 5.69 Å². The lowest BCUT2D eigenvalue weighted by Crippen LogP contribution is -2.14. The van der Waals surface area contributed by atoms with Crippen molar-refractivity contribution in [1.29, 1.82) is 0 Å². The number of imidazole rings is 1. The molecular weight excluding hydrogens is 247 g/mol. The Morgan fingerprint density at radius 3 is 2.84 bits per heavy atom. The number of rotatable bonds is 2. The van der Waals surface area contributed by atoms with Crippen molar-refractivity contribution in [2.45, 2.75) is 18.8 Å². The lowest BCUT2D eigenvalue weighted by Gasteiger charge is -2.19. The summed E-state index contributed by atoms with van der Waals surface area (Å²) in [6.07, 6.45) is 6.76. The van der Waals surface area contributed by atoms with E-state index in [9.17, 15) is 4.39 Å². The van der Waals surface area contributed by atoms with E-state index in [0.29, 0.717) is 11.6 Å². The fourth-order valence-electron chi connectivity index (χ4n) is 2.29. The SMILES string of the molecule is Nc1cnc(-n2cnc(C3CCOCC3)c2)c(F)c1. The van der Waals surface area contributed by atoms with Gasteiger partial charge in [0.05, 0.1) is 17.6 Å². The lowest BCUT2D eigenvalue weighted by molar-refractivity contribution is 0.0846. The molecular formula is C13H15FN4O. The number of hydrogen-bond acceptors (Lipinski definition) is 4. The highest BCUT2D eigenvalue weighted by Crippen LogP contribution is 2.26. The molecule has 5 nitrogen and oxygen atoms in total. The van der Waals surface area contributed by atoms with E-state index in [2.05, 4.69) is 9.97 Å². The Morgan fingerprint density at radius 1 is 1.32 bits per heavy atom. The molecule has 0 atom stereocenters. The van der Waals surface area contributed by atoms with Crippen molar-refractivity contribution in [1.82, 2.24) is 14.5 Å². The smallest absolute Gasteiger partial charge is 0.174 e. The van der Waals surface area contributed by atoms with Crippen molar-refractivity contribution in [3.63, 3.8) is 0 Å². The molecule has 6 heteroatoms. The standard InChI is InChI=1S/C13H15FN4O/c14-11-5-10(15)6-16-13(11)18-7-12(17-8-18)9-1-3-19-4-2-9/h5-9H,1-4,15H2. The van der Waals surface area contributed by atoms with E-state index in [1.807, 2.05) is 6.20 Å². The van der Waals surface area contributed by atoms with Crippen LogP contribution in [-0.2, 0) is 4.74 Å². The molecule has 1 fully saturated rings. The van der Waals surface area contributed by atoms with E-state index >= 15 is 0 Å². The zero-order valence-electron chi connectivity index (χ0n) is 10.4. The van der Waals surface area contributed by atoms with E-state index in [4.69, 9.17) is 10.5 Å². The molecule has 19 heavy (non-hydrogen) atoms. The second kappa shape index (κ2) is 4.97. The van der Waals surface area contributed by atoms with Crippen LogP contribution in [0.5, 0.6) is 0 Å². The van der Waals surface area contributed by atoms with Gasteiger partial charge in [-0.25, -0.2) is 14.4 Å². The third kappa shape index (κ3) is 2.44. The third-order valence-corrected chi connectivity index (χ3v) is 3.33. The van der Waals surface area contributed by atoms with Gasteiger partial charge in [0.1, 0.15) is 6.33 Å². The molecule has 3 heterocycles. The number of aromatic nitrogens is 3. The molecule has 100 valence electrons. The first-order chi connectivity index (χ1) is 9.24. The minimum atomic E-state index is -0.448. The van der Waals surface area contributed by atoms with Crippen molar-refractivity contribution < 1.29 is 9.13 Å². The van der Waals surface area contributed by atoms with Crippen LogP contribution >= 0.6 is 0 Å². The highest BCUT2D eigenvalue weighted by atomic mass is 19.1. The van der Waals surface area contributed by atoms with Crippen molar-refractivity contribution in [3.05, 3.63) is 36.3 Å². The van der Waals surface area contributed by atoms with E-state index in [1.54, 1.807) is 10.9 Å². The minimum absolute atomic E-state index is 0.222. The van der Waals surface area contributed by atoms with Crippen molar-refractivity contribution in [3.8, 4) is 5.82 Å². The molecule has 0 aromatic carbocycles. The zero-order valence-corrected chi connectivity index (χ0v) is 10.4. The maximum atomic E-state index is 13.8. The highest BCUT2D eigenvalue weighted by Gasteiger charge is 2.19. The van der Waals surface area contributed by atoms with Gasteiger partial charge in [-0.15, -0.1) is 0 Å². The number of nitrogens with two attached hydrogens (primary N) is 1. The van der Waals surface area contributed by atoms with Crippen LogP contribution in [0.2, 0.25) is 0 Å². The van der Waals surface area contributed by atoms with Crippen molar-refractivity contribution in [2.75, 3.05) is 18.9 Å². The van der Waals surface area contributed by atoms with Gasteiger partial charge < -0.3 is 10.5 Å². The van der Waals surface area contributed by atoms with Gasteiger partial charge in [-0.2, -0.15) is 0 Å². The second-order valence-corrected chi connectivity index (χ2v) is 4.67. The summed E-state index contributed by atoms with van der Waals surface area (Å²) in [5.41, 5.74) is 6.76. The van der Waals surface area contributed by atoms with Gasteiger partial charge >= 0.3 is 0 Å². The van der Waals surface area contributed by atoms with E-state index in [1.165, 1.54) is 12.3 Å². The molecule has 0 spiro atoms.